The molecule has 0 aliphatic rings. The van der Waals surface area contributed by atoms with Crippen molar-refractivity contribution < 1.29 is 14.6 Å². The minimum atomic E-state index is -0.915. The van der Waals surface area contributed by atoms with Crippen molar-refractivity contribution >= 4 is 0 Å². The van der Waals surface area contributed by atoms with Gasteiger partial charge >= 0.3 is 0 Å². The zero-order valence-corrected chi connectivity index (χ0v) is 7.02. The van der Waals surface area contributed by atoms with Crippen molar-refractivity contribution in [2.75, 3.05) is 14.2 Å². The number of pyridine rings is 1. The molecule has 66 valence electrons. The molecule has 0 spiro atoms. The van der Waals surface area contributed by atoms with Crippen molar-refractivity contribution in [3.8, 4) is 5.88 Å². The smallest absolute Gasteiger partial charge is 0.213 e. The van der Waals surface area contributed by atoms with Crippen LogP contribution in [0.5, 0.6) is 5.88 Å². The summed E-state index contributed by atoms with van der Waals surface area (Å²) in [5, 5.41) is 9.24. The lowest BCUT2D eigenvalue weighted by Gasteiger charge is -2.08. The van der Waals surface area contributed by atoms with Gasteiger partial charge in [-0.3, -0.25) is 0 Å². The number of hydrogen-bond donors (Lipinski definition) is 1. The van der Waals surface area contributed by atoms with E-state index in [4.69, 9.17) is 9.47 Å². The Labute approximate surface area is 70.8 Å². The van der Waals surface area contributed by atoms with E-state index >= 15 is 0 Å². The number of rotatable bonds is 3. The average molecular weight is 169 g/mol. The summed E-state index contributed by atoms with van der Waals surface area (Å²) in [7, 11) is 2.95. The lowest BCUT2D eigenvalue weighted by Crippen LogP contribution is -2.00. The van der Waals surface area contributed by atoms with Gasteiger partial charge in [-0.2, -0.15) is 0 Å². The second kappa shape index (κ2) is 4.04. The Morgan fingerprint density at radius 2 is 2.25 bits per heavy atom. The fourth-order valence-electron chi connectivity index (χ4n) is 0.826. The molecule has 1 aromatic rings. The van der Waals surface area contributed by atoms with Crippen LogP contribution in [0.2, 0.25) is 0 Å². The third-order valence-corrected chi connectivity index (χ3v) is 1.48. The zero-order valence-electron chi connectivity index (χ0n) is 7.02. The van der Waals surface area contributed by atoms with Crippen LogP contribution in [0.15, 0.2) is 18.3 Å². The Balaban J connectivity index is 2.86. The van der Waals surface area contributed by atoms with Crippen molar-refractivity contribution in [3.63, 3.8) is 0 Å². The molecule has 0 radical (unpaired) electrons. The van der Waals surface area contributed by atoms with E-state index in [2.05, 4.69) is 4.98 Å². The maximum atomic E-state index is 9.24. The van der Waals surface area contributed by atoms with Crippen LogP contribution < -0.4 is 4.74 Å². The topological polar surface area (TPSA) is 51.6 Å². The van der Waals surface area contributed by atoms with Crippen LogP contribution >= 0.6 is 0 Å². The van der Waals surface area contributed by atoms with Crippen LogP contribution in [-0.2, 0) is 4.74 Å². The van der Waals surface area contributed by atoms with E-state index in [9.17, 15) is 5.11 Å². The van der Waals surface area contributed by atoms with Gasteiger partial charge in [-0.1, -0.05) is 0 Å². The highest BCUT2D eigenvalue weighted by Gasteiger charge is 2.05. The first kappa shape index (κ1) is 8.96. The molecular formula is C8H11NO3. The van der Waals surface area contributed by atoms with Gasteiger partial charge in [-0.15, -0.1) is 0 Å². The number of ether oxygens (including phenoxy) is 2. The van der Waals surface area contributed by atoms with Crippen LogP contribution in [0.1, 0.15) is 11.9 Å². The van der Waals surface area contributed by atoms with Gasteiger partial charge in [0.1, 0.15) is 0 Å². The summed E-state index contributed by atoms with van der Waals surface area (Å²) in [6, 6.07) is 3.28. The van der Waals surface area contributed by atoms with Gasteiger partial charge in [-0.25, -0.2) is 4.98 Å². The fraction of sp³-hybridized carbons (Fsp3) is 0.375. The molecular weight excluding hydrogens is 158 g/mol. The summed E-state index contributed by atoms with van der Waals surface area (Å²) in [5.41, 5.74) is 0.629. The molecule has 1 atom stereocenters. The fourth-order valence-corrected chi connectivity index (χ4v) is 0.826. The van der Waals surface area contributed by atoms with Gasteiger partial charge in [0.05, 0.1) is 7.11 Å². The maximum Gasteiger partial charge on any atom is 0.213 e. The van der Waals surface area contributed by atoms with E-state index in [1.165, 1.54) is 14.2 Å². The Bertz CT molecular complexity index is 252. The number of methoxy groups -OCH3 is 2. The molecule has 1 N–H and O–H groups in total. The normalized spacial score (nSPS) is 12.6. The second-order valence-corrected chi connectivity index (χ2v) is 2.22. The van der Waals surface area contributed by atoms with Crippen molar-refractivity contribution in [2.24, 2.45) is 0 Å². The van der Waals surface area contributed by atoms with E-state index in [1.807, 2.05) is 0 Å². The largest absolute Gasteiger partial charge is 0.481 e. The summed E-state index contributed by atoms with van der Waals surface area (Å²) >= 11 is 0. The standard InChI is InChI=1S/C8H11NO3/c1-11-7-5-6(3-4-9-7)8(10)12-2/h3-5,8,10H,1-2H3. The van der Waals surface area contributed by atoms with Crippen LogP contribution in [0.25, 0.3) is 0 Å². The predicted molar refractivity (Wildman–Crippen MR) is 42.8 cm³/mol. The molecule has 1 aromatic heterocycles. The molecule has 4 heteroatoms. The molecule has 1 unspecified atom stereocenters. The van der Waals surface area contributed by atoms with Crippen molar-refractivity contribution in [1.29, 1.82) is 0 Å². The molecule has 4 nitrogen and oxygen atoms in total. The van der Waals surface area contributed by atoms with Crippen LogP contribution in [-0.4, -0.2) is 24.3 Å². The van der Waals surface area contributed by atoms with Crippen molar-refractivity contribution in [1.82, 2.24) is 4.98 Å². The van der Waals surface area contributed by atoms with Gasteiger partial charge in [0.15, 0.2) is 6.29 Å². The first-order valence-electron chi connectivity index (χ1n) is 3.48. The lowest BCUT2D eigenvalue weighted by molar-refractivity contribution is -0.0770. The molecule has 0 saturated carbocycles. The molecule has 0 saturated heterocycles. The highest BCUT2D eigenvalue weighted by molar-refractivity contribution is 5.21. The summed E-state index contributed by atoms with van der Waals surface area (Å²) in [4.78, 5) is 3.89. The lowest BCUT2D eigenvalue weighted by atomic mass is 10.2. The van der Waals surface area contributed by atoms with Crippen molar-refractivity contribution in [3.05, 3.63) is 23.9 Å². The minimum absolute atomic E-state index is 0.462. The number of hydrogen-bond acceptors (Lipinski definition) is 4. The van der Waals surface area contributed by atoms with E-state index in [1.54, 1.807) is 18.3 Å². The van der Waals surface area contributed by atoms with Gasteiger partial charge in [0.25, 0.3) is 0 Å². The Morgan fingerprint density at radius 3 is 2.83 bits per heavy atom. The van der Waals surface area contributed by atoms with Crippen LogP contribution in [0.3, 0.4) is 0 Å². The van der Waals surface area contributed by atoms with Gasteiger partial charge in [0, 0.05) is 24.9 Å². The van der Waals surface area contributed by atoms with E-state index < -0.39 is 6.29 Å². The summed E-state index contributed by atoms with van der Waals surface area (Å²) in [6.45, 7) is 0. The van der Waals surface area contributed by atoms with Crippen molar-refractivity contribution in [2.45, 2.75) is 6.29 Å². The molecule has 1 rings (SSSR count). The molecule has 0 aliphatic heterocycles. The van der Waals surface area contributed by atoms with E-state index in [-0.39, 0.29) is 0 Å². The molecule has 0 aromatic carbocycles. The van der Waals surface area contributed by atoms with E-state index in [0.717, 1.165) is 0 Å². The molecule has 12 heavy (non-hydrogen) atoms. The van der Waals surface area contributed by atoms with Gasteiger partial charge in [-0.05, 0) is 6.07 Å². The van der Waals surface area contributed by atoms with E-state index in [0.29, 0.717) is 11.4 Å². The first-order valence-corrected chi connectivity index (χ1v) is 3.48. The molecule has 0 aliphatic carbocycles. The Hall–Kier alpha value is -1.13. The Morgan fingerprint density at radius 1 is 1.50 bits per heavy atom. The number of aliphatic hydroxyl groups excluding tert-OH is 1. The second-order valence-electron chi connectivity index (χ2n) is 2.22. The Kier molecular flexibility index (Phi) is 3.01. The van der Waals surface area contributed by atoms with Gasteiger partial charge < -0.3 is 14.6 Å². The third-order valence-electron chi connectivity index (χ3n) is 1.48. The molecule has 0 amide bonds. The predicted octanol–water partition coefficient (Wildman–Crippen LogP) is 0.727. The zero-order chi connectivity index (χ0) is 8.97. The average Bonchev–Trinajstić information content (AvgIpc) is 2.17. The highest BCUT2D eigenvalue weighted by Crippen LogP contribution is 2.16. The molecule has 0 fully saturated rings. The quantitative estimate of drug-likeness (QED) is 0.677. The summed E-state index contributed by atoms with van der Waals surface area (Å²) in [5.74, 6) is 0.462. The summed E-state index contributed by atoms with van der Waals surface area (Å²) < 4.78 is 9.58. The number of aromatic nitrogens is 1. The van der Waals surface area contributed by atoms with Gasteiger partial charge in [0.2, 0.25) is 5.88 Å². The summed E-state index contributed by atoms with van der Waals surface area (Å²) in [6.07, 6.45) is 0.637. The van der Waals surface area contributed by atoms with Crippen LogP contribution in [0, 0.1) is 0 Å². The number of aliphatic hydroxyl groups is 1. The molecule has 1 heterocycles. The first-order chi connectivity index (χ1) is 5.77. The molecule has 0 bridgehead atoms. The third kappa shape index (κ3) is 1.93. The highest BCUT2D eigenvalue weighted by atomic mass is 16.6. The minimum Gasteiger partial charge on any atom is -0.481 e. The maximum absolute atomic E-state index is 9.24. The van der Waals surface area contributed by atoms with Crippen LogP contribution in [0.4, 0.5) is 0 Å². The SMILES string of the molecule is COc1cc(C(O)OC)ccn1. The number of nitrogens with zero attached hydrogens (tertiary/aromatic N) is 1. The monoisotopic (exact) mass is 169 g/mol.